The Hall–Kier alpha value is -1.65. The molecule has 1 aromatic heterocycles. The molecule has 18 heavy (non-hydrogen) atoms. The van der Waals surface area contributed by atoms with E-state index in [4.69, 9.17) is 0 Å². The van der Waals surface area contributed by atoms with E-state index in [-0.39, 0.29) is 12.5 Å². The first-order valence-electron chi connectivity index (χ1n) is 6.30. The summed E-state index contributed by atoms with van der Waals surface area (Å²) in [6, 6.07) is 0. The van der Waals surface area contributed by atoms with E-state index >= 15 is 0 Å². The van der Waals surface area contributed by atoms with E-state index in [0.717, 1.165) is 0 Å². The van der Waals surface area contributed by atoms with Crippen molar-refractivity contribution < 1.29 is 9.53 Å². The second kappa shape index (κ2) is 5.80. The van der Waals surface area contributed by atoms with E-state index in [9.17, 15) is 4.79 Å². The van der Waals surface area contributed by atoms with Crippen LogP contribution in [-0.2, 0) is 9.53 Å². The van der Waals surface area contributed by atoms with Gasteiger partial charge in [0, 0.05) is 19.4 Å². The third-order valence-corrected chi connectivity index (χ3v) is 3.42. The van der Waals surface area contributed by atoms with Crippen molar-refractivity contribution >= 4 is 11.9 Å². The van der Waals surface area contributed by atoms with Crippen molar-refractivity contribution in [1.82, 2.24) is 9.97 Å². The number of esters is 1. The fraction of sp³-hybridized carbons (Fsp3) is 0.615. The van der Waals surface area contributed by atoms with E-state index in [1.54, 1.807) is 11.9 Å². The second-order valence-corrected chi connectivity index (χ2v) is 4.73. The fourth-order valence-corrected chi connectivity index (χ4v) is 2.33. The standard InChI is InChI=1S/C13H19N3O2/c1-16(9-12(17)18-2)13-14-7-11(8-15-13)10-5-3-4-6-10/h7-8,10H,3-6,9H2,1-2H3. The molecule has 5 heteroatoms. The molecule has 0 bridgehead atoms. The van der Waals surface area contributed by atoms with Gasteiger partial charge in [0.1, 0.15) is 6.54 Å². The zero-order chi connectivity index (χ0) is 13.0. The lowest BCUT2D eigenvalue weighted by atomic mass is 10.0. The van der Waals surface area contributed by atoms with Crippen LogP contribution < -0.4 is 4.90 Å². The monoisotopic (exact) mass is 249 g/mol. The highest BCUT2D eigenvalue weighted by atomic mass is 16.5. The minimum Gasteiger partial charge on any atom is -0.468 e. The average Bonchev–Trinajstić information content (AvgIpc) is 2.92. The third-order valence-electron chi connectivity index (χ3n) is 3.42. The quantitative estimate of drug-likeness (QED) is 0.761. The van der Waals surface area contributed by atoms with Crippen LogP contribution in [0, 0.1) is 0 Å². The van der Waals surface area contributed by atoms with Crippen LogP contribution in [0.2, 0.25) is 0 Å². The first-order valence-corrected chi connectivity index (χ1v) is 6.30. The first kappa shape index (κ1) is 12.8. The maximum absolute atomic E-state index is 11.2. The Bertz CT molecular complexity index is 399. The van der Waals surface area contributed by atoms with Gasteiger partial charge < -0.3 is 9.64 Å². The summed E-state index contributed by atoms with van der Waals surface area (Å²) in [4.78, 5) is 21.5. The second-order valence-electron chi connectivity index (χ2n) is 4.73. The minimum atomic E-state index is -0.291. The number of anilines is 1. The molecule has 2 rings (SSSR count). The molecule has 0 radical (unpaired) electrons. The number of carbonyl (C=O) groups excluding carboxylic acids is 1. The number of aromatic nitrogens is 2. The molecule has 1 aliphatic rings. The van der Waals surface area contributed by atoms with Crippen molar-refractivity contribution in [2.75, 3.05) is 25.6 Å². The van der Waals surface area contributed by atoms with Gasteiger partial charge in [0.15, 0.2) is 0 Å². The number of hydrogen-bond acceptors (Lipinski definition) is 5. The summed E-state index contributed by atoms with van der Waals surface area (Å²) >= 11 is 0. The van der Waals surface area contributed by atoms with E-state index in [2.05, 4.69) is 14.7 Å². The molecule has 0 atom stereocenters. The maximum atomic E-state index is 11.2. The summed E-state index contributed by atoms with van der Waals surface area (Å²) in [5.74, 6) is 0.882. The van der Waals surface area contributed by atoms with Crippen molar-refractivity contribution in [3.63, 3.8) is 0 Å². The van der Waals surface area contributed by atoms with Crippen LogP contribution in [-0.4, -0.2) is 36.6 Å². The number of rotatable bonds is 4. The van der Waals surface area contributed by atoms with Gasteiger partial charge in [-0.1, -0.05) is 12.8 Å². The molecule has 0 unspecified atom stereocenters. The van der Waals surface area contributed by atoms with Gasteiger partial charge in [-0.05, 0) is 24.3 Å². The topological polar surface area (TPSA) is 55.3 Å². The highest BCUT2D eigenvalue weighted by molar-refractivity contribution is 5.74. The van der Waals surface area contributed by atoms with Crippen molar-refractivity contribution in [3.8, 4) is 0 Å². The molecule has 5 nitrogen and oxygen atoms in total. The molecular weight excluding hydrogens is 230 g/mol. The summed E-state index contributed by atoms with van der Waals surface area (Å²) in [5, 5.41) is 0. The van der Waals surface area contributed by atoms with Crippen LogP contribution in [0.25, 0.3) is 0 Å². The number of likely N-dealkylation sites (N-methyl/N-ethyl adjacent to an activating group) is 1. The molecule has 1 saturated carbocycles. The molecule has 0 aliphatic heterocycles. The van der Waals surface area contributed by atoms with Gasteiger partial charge in [0.05, 0.1) is 7.11 Å². The summed E-state index contributed by atoms with van der Waals surface area (Å²) in [7, 11) is 3.15. The molecule has 1 aliphatic carbocycles. The SMILES string of the molecule is COC(=O)CN(C)c1ncc(C2CCCC2)cn1. The number of ether oxygens (including phenoxy) is 1. The lowest BCUT2D eigenvalue weighted by Crippen LogP contribution is -2.27. The average molecular weight is 249 g/mol. The Morgan fingerprint density at radius 1 is 1.39 bits per heavy atom. The van der Waals surface area contributed by atoms with Crippen LogP contribution in [0.3, 0.4) is 0 Å². The highest BCUT2D eigenvalue weighted by Crippen LogP contribution is 2.33. The molecule has 1 aromatic rings. The minimum absolute atomic E-state index is 0.166. The van der Waals surface area contributed by atoms with Gasteiger partial charge >= 0.3 is 5.97 Å². The van der Waals surface area contributed by atoms with Crippen molar-refractivity contribution in [3.05, 3.63) is 18.0 Å². The van der Waals surface area contributed by atoms with Crippen molar-refractivity contribution in [2.24, 2.45) is 0 Å². The van der Waals surface area contributed by atoms with Crippen molar-refractivity contribution in [2.45, 2.75) is 31.6 Å². The first-order chi connectivity index (χ1) is 8.70. The van der Waals surface area contributed by atoms with E-state index in [0.29, 0.717) is 11.9 Å². The van der Waals surface area contributed by atoms with Gasteiger partial charge in [-0.2, -0.15) is 0 Å². The predicted molar refractivity (Wildman–Crippen MR) is 68.5 cm³/mol. The Labute approximate surface area is 107 Å². The zero-order valence-corrected chi connectivity index (χ0v) is 10.9. The van der Waals surface area contributed by atoms with E-state index < -0.39 is 0 Å². The number of nitrogens with zero attached hydrogens (tertiary/aromatic N) is 3. The fourth-order valence-electron chi connectivity index (χ4n) is 2.33. The number of carbonyl (C=O) groups is 1. The lowest BCUT2D eigenvalue weighted by molar-refractivity contribution is -0.138. The highest BCUT2D eigenvalue weighted by Gasteiger charge is 2.18. The molecule has 0 amide bonds. The van der Waals surface area contributed by atoms with Gasteiger partial charge in [-0.15, -0.1) is 0 Å². The van der Waals surface area contributed by atoms with E-state index in [1.807, 2.05) is 12.4 Å². The third kappa shape index (κ3) is 2.97. The Morgan fingerprint density at radius 3 is 2.56 bits per heavy atom. The molecular formula is C13H19N3O2. The molecule has 1 heterocycles. The summed E-state index contributed by atoms with van der Waals surface area (Å²) in [5.41, 5.74) is 1.21. The van der Waals surface area contributed by atoms with Gasteiger partial charge in [-0.25, -0.2) is 9.97 Å². The van der Waals surface area contributed by atoms with Gasteiger partial charge in [0.25, 0.3) is 0 Å². The van der Waals surface area contributed by atoms with Crippen LogP contribution in [0.5, 0.6) is 0 Å². The Morgan fingerprint density at radius 2 is 2.00 bits per heavy atom. The number of methoxy groups -OCH3 is 1. The van der Waals surface area contributed by atoms with Crippen LogP contribution >= 0.6 is 0 Å². The summed E-state index contributed by atoms with van der Waals surface area (Å²) in [6.45, 7) is 0.166. The Balaban J connectivity index is 2.00. The molecule has 0 spiro atoms. The predicted octanol–water partition coefficient (Wildman–Crippen LogP) is 1.74. The molecule has 0 saturated heterocycles. The van der Waals surface area contributed by atoms with Gasteiger partial charge in [-0.3, -0.25) is 4.79 Å². The number of hydrogen-bond donors (Lipinski definition) is 0. The van der Waals surface area contributed by atoms with Crippen molar-refractivity contribution in [1.29, 1.82) is 0 Å². The smallest absolute Gasteiger partial charge is 0.325 e. The molecule has 1 fully saturated rings. The lowest BCUT2D eigenvalue weighted by Gasteiger charge is -2.16. The largest absolute Gasteiger partial charge is 0.468 e. The van der Waals surface area contributed by atoms with E-state index in [1.165, 1.54) is 38.4 Å². The van der Waals surface area contributed by atoms with Crippen LogP contribution in [0.4, 0.5) is 5.95 Å². The maximum Gasteiger partial charge on any atom is 0.325 e. The zero-order valence-electron chi connectivity index (χ0n) is 10.9. The van der Waals surface area contributed by atoms with Crippen LogP contribution in [0.15, 0.2) is 12.4 Å². The Kier molecular flexibility index (Phi) is 4.12. The normalized spacial score (nSPS) is 15.7. The molecule has 0 aromatic carbocycles. The summed E-state index contributed by atoms with van der Waals surface area (Å²) < 4.78 is 4.61. The molecule has 98 valence electrons. The van der Waals surface area contributed by atoms with Gasteiger partial charge in [0.2, 0.25) is 5.95 Å². The summed E-state index contributed by atoms with van der Waals surface area (Å²) in [6.07, 6.45) is 8.84. The molecule has 0 N–H and O–H groups in total. The van der Waals surface area contributed by atoms with Crippen LogP contribution in [0.1, 0.15) is 37.2 Å².